The van der Waals surface area contributed by atoms with Crippen molar-refractivity contribution in [2.75, 3.05) is 0 Å². The number of hydrogen-bond acceptors (Lipinski definition) is 1. The lowest BCUT2D eigenvalue weighted by molar-refractivity contribution is 0.0931. The molecular formula is C14H10BrF3O. The smallest absolute Gasteiger partial charge is 0.146 e. The number of halogens is 4. The molecule has 1 N–H and O–H groups in total. The Labute approximate surface area is 116 Å². The summed E-state index contributed by atoms with van der Waals surface area (Å²) in [5.41, 5.74) is -2.18. The van der Waals surface area contributed by atoms with E-state index in [1.54, 1.807) is 0 Å². The molecule has 0 aliphatic carbocycles. The minimum atomic E-state index is -1.90. The molecule has 1 unspecified atom stereocenters. The minimum Gasteiger partial charge on any atom is -0.380 e. The van der Waals surface area contributed by atoms with Gasteiger partial charge in [0.25, 0.3) is 0 Å². The summed E-state index contributed by atoms with van der Waals surface area (Å²) >= 11 is 2.94. The molecule has 19 heavy (non-hydrogen) atoms. The highest BCUT2D eigenvalue weighted by atomic mass is 79.9. The third-order valence-electron chi connectivity index (χ3n) is 2.94. The lowest BCUT2D eigenvalue weighted by atomic mass is 9.87. The first-order valence-electron chi connectivity index (χ1n) is 5.46. The van der Waals surface area contributed by atoms with Gasteiger partial charge in [0.15, 0.2) is 0 Å². The third-order valence-corrected chi connectivity index (χ3v) is 3.55. The molecule has 5 heteroatoms. The lowest BCUT2D eigenvalue weighted by Crippen LogP contribution is -2.26. The second-order valence-corrected chi connectivity index (χ2v) is 5.15. The van der Waals surface area contributed by atoms with Gasteiger partial charge in [-0.1, -0.05) is 12.1 Å². The minimum absolute atomic E-state index is 0.0475. The lowest BCUT2D eigenvalue weighted by Gasteiger charge is -2.25. The largest absolute Gasteiger partial charge is 0.380 e. The normalized spacial score (nSPS) is 14.2. The van der Waals surface area contributed by atoms with Gasteiger partial charge in [-0.15, -0.1) is 0 Å². The summed E-state index contributed by atoms with van der Waals surface area (Å²) in [5.74, 6) is -2.24. The van der Waals surface area contributed by atoms with Crippen molar-refractivity contribution < 1.29 is 18.3 Å². The fourth-order valence-corrected chi connectivity index (χ4v) is 2.22. The summed E-state index contributed by atoms with van der Waals surface area (Å²) in [6, 6.07) is 7.09. The quantitative estimate of drug-likeness (QED) is 0.821. The Hall–Kier alpha value is -1.33. The van der Waals surface area contributed by atoms with Crippen LogP contribution in [0.15, 0.2) is 40.9 Å². The first kappa shape index (κ1) is 14.1. The molecule has 0 saturated carbocycles. The average molecular weight is 331 g/mol. The van der Waals surface area contributed by atoms with Crippen molar-refractivity contribution >= 4 is 15.9 Å². The fourth-order valence-electron chi connectivity index (χ4n) is 1.89. The predicted molar refractivity (Wildman–Crippen MR) is 69.1 cm³/mol. The van der Waals surface area contributed by atoms with E-state index in [0.29, 0.717) is 0 Å². The summed E-state index contributed by atoms with van der Waals surface area (Å²) in [6.07, 6.45) is 0. The molecule has 0 aliphatic rings. The van der Waals surface area contributed by atoms with Crippen LogP contribution in [0.2, 0.25) is 0 Å². The van der Waals surface area contributed by atoms with Gasteiger partial charge in [-0.3, -0.25) is 0 Å². The molecule has 0 spiro atoms. The SMILES string of the molecule is CC(O)(c1ccc(F)cc1)c1c(F)ccc(Br)c1F. The van der Waals surface area contributed by atoms with Crippen LogP contribution in [0.5, 0.6) is 0 Å². The number of rotatable bonds is 2. The zero-order chi connectivity index (χ0) is 14.2. The maximum absolute atomic E-state index is 14.0. The van der Waals surface area contributed by atoms with E-state index in [1.807, 2.05) is 0 Å². The number of hydrogen-bond donors (Lipinski definition) is 1. The maximum Gasteiger partial charge on any atom is 0.146 e. The van der Waals surface area contributed by atoms with E-state index in [9.17, 15) is 18.3 Å². The topological polar surface area (TPSA) is 20.2 Å². The third kappa shape index (κ3) is 2.53. The molecule has 0 amide bonds. The summed E-state index contributed by atoms with van der Waals surface area (Å²) in [4.78, 5) is 0. The van der Waals surface area contributed by atoms with Crippen LogP contribution >= 0.6 is 15.9 Å². The van der Waals surface area contributed by atoms with Crippen LogP contribution in [0, 0.1) is 17.5 Å². The first-order chi connectivity index (χ1) is 8.84. The van der Waals surface area contributed by atoms with Gasteiger partial charge < -0.3 is 5.11 Å². The van der Waals surface area contributed by atoms with Crippen LogP contribution in [0.1, 0.15) is 18.1 Å². The molecule has 0 bridgehead atoms. The fraction of sp³-hybridized carbons (Fsp3) is 0.143. The highest BCUT2D eigenvalue weighted by Crippen LogP contribution is 2.35. The van der Waals surface area contributed by atoms with Crippen molar-refractivity contribution in [1.29, 1.82) is 0 Å². The van der Waals surface area contributed by atoms with Gasteiger partial charge in [0.05, 0.1) is 10.0 Å². The number of aliphatic hydroxyl groups is 1. The molecule has 0 aromatic heterocycles. The molecule has 2 rings (SSSR count). The molecule has 0 radical (unpaired) electrons. The Bertz CT molecular complexity index is 609. The molecule has 1 nitrogen and oxygen atoms in total. The molecular weight excluding hydrogens is 321 g/mol. The van der Waals surface area contributed by atoms with Crippen LogP contribution in [0.3, 0.4) is 0 Å². The van der Waals surface area contributed by atoms with Crippen LogP contribution in [0.4, 0.5) is 13.2 Å². The van der Waals surface area contributed by atoms with E-state index in [-0.39, 0.29) is 10.0 Å². The van der Waals surface area contributed by atoms with Crippen LogP contribution in [0.25, 0.3) is 0 Å². The molecule has 0 saturated heterocycles. The van der Waals surface area contributed by atoms with E-state index >= 15 is 0 Å². The zero-order valence-corrected chi connectivity index (χ0v) is 11.5. The Morgan fingerprint density at radius 3 is 2.16 bits per heavy atom. The van der Waals surface area contributed by atoms with Crippen molar-refractivity contribution in [1.82, 2.24) is 0 Å². The van der Waals surface area contributed by atoms with Crippen molar-refractivity contribution in [3.05, 3.63) is 69.4 Å². The van der Waals surface area contributed by atoms with Gasteiger partial charge in [0.2, 0.25) is 0 Å². The maximum atomic E-state index is 14.0. The predicted octanol–water partition coefficient (Wildman–Crippen LogP) is 4.12. The average Bonchev–Trinajstić information content (AvgIpc) is 2.34. The van der Waals surface area contributed by atoms with Crippen LogP contribution < -0.4 is 0 Å². The Kier molecular flexibility index (Phi) is 3.69. The van der Waals surface area contributed by atoms with Crippen molar-refractivity contribution in [3.8, 4) is 0 Å². The second kappa shape index (κ2) is 4.98. The van der Waals surface area contributed by atoms with E-state index < -0.39 is 28.6 Å². The molecule has 1 atom stereocenters. The molecule has 2 aromatic carbocycles. The molecule has 2 aromatic rings. The van der Waals surface area contributed by atoms with Gasteiger partial charge in [-0.05, 0) is 52.7 Å². The molecule has 0 aliphatic heterocycles. The van der Waals surface area contributed by atoms with Crippen molar-refractivity contribution in [3.63, 3.8) is 0 Å². The highest BCUT2D eigenvalue weighted by Gasteiger charge is 2.33. The van der Waals surface area contributed by atoms with Crippen LogP contribution in [-0.2, 0) is 5.60 Å². The summed E-state index contributed by atoms with van der Waals surface area (Å²) in [6.45, 7) is 1.26. The first-order valence-corrected chi connectivity index (χ1v) is 6.25. The van der Waals surface area contributed by atoms with E-state index in [0.717, 1.165) is 18.2 Å². The van der Waals surface area contributed by atoms with Gasteiger partial charge in [-0.25, -0.2) is 13.2 Å². The zero-order valence-electron chi connectivity index (χ0n) is 9.92. The molecule has 0 fully saturated rings. The van der Waals surface area contributed by atoms with E-state index in [2.05, 4.69) is 15.9 Å². The van der Waals surface area contributed by atoms with E-state index in [4.69, 9.17) is 0 Å². The Morgan fingerprint density at radius 2 is 1.58 bits per heavy atom. The van der Waals surface area contributed by atoms with E-state index in [1.165, 1.54) is 25.1 Å². The Morgan fingerprint density at radius 1 is 1.00 bits per heavy atom. The van der Waals surface area contributed by atoms with Gasteiger partial charge in [0.1, 0.15) is 23.1 Å². The second-order valence-electron chi connectivity index (χ2n) is 4.30. The Balaban J connectivity index is 2.62. The van der Waals surface area contributed by atoms with Crippen molar-refractivity contribution in [2.45, 2.75) is 12.5 Å². The molecule has 100 valence electrons. The summed E-state index contributed by atoms with van der Waals surface area (Å²) < 4.78 is 40.7. The summed E-state index contributed by atoms with van der Waals surface area (Å²) in [7, 11) is 0. The monoisotopic (exact) mass is 330 g/mol. The van der Waals surface area contributed by atoms with Crippen molar-refractivity contribution in [2.24, 2.45) is 0 Å². The van der Waals surface area contributed by atoms with Gasteiger partial charge in [0, 0.05) is 0 Å². The number of benzene rings is 2. The van der Waals surface area contributed by atoms with Crippen LogP contribution in [-0.4, -0.2) is 5.11 Å². The summed E-state index contributed by atoms with van der Waals surface area (Å²) in [5, 5.41) is 10.4. The van der Waals surface area contributed by atoms with Gasteiger partial charge in [-0.2, -0.15) is 0 Å². The molecule has 0 heterocycles. The van der Waals surface area contributed by atoms with Gasteiger partial charge >= 0.3 is 0 Å². The standard InChI is InChI=1S/C14H10BrF3O/c1-14(19,8-2-4-9(16)5-3-8)12-11(17)7-6-10(15)13(12)18/h2-7,19H,1H3. The highest BCUT2D eigenvalue weighted by molar-refractivity contribution is 9.10.